The van der Waals surface area contributed by atoms with E-state index in [2.05, 4.69) is 41.5 Å². The zero-order valence-corrected chi connectivity index (χ0v) is 17.4. The fourth-order valence-corrected chi connectivity index (χ4v) is 5.35. The molecule has 0 spiro atoms. The molecule has 4 atom stereocenters. The Morgan fingerprint density at radius 2 is 1.56 bits per heavy atom. The number of amides is 2. The first-order valence-electron chi connectivity index (χ1n) is 11.0. The van der Waals surface area contributed by atoms with Crippen molar-refractivity contribution in [2.24, 2.45) is 28.8 Å². The van der Waals surface area contributed by atoms with E-state index in [0.717, 1.165) is 28.3 Å². The minimum Gasteiger partial charge on any atom is -0.489 e. The van der Waals surface area contributed by atoms with Crippen LogP contribution >= 0.6 is 0 Å². The van der Waals surface area contributed by atoms with Gasteiger partial charge in [0.1, 0.15) is 12.4 Å². The van der Waals surface area contributed by atoms with Crippen LogP contribution in [0.25, 0.3) is 10.8 Å². The molecule has 32 heavy (non-hydrogen) atoms. The molecule has 0 radical (unpaired) electrons. The molecule has 1 saturated heterocycles. The maximum absolute atomic E-state index is 12.7. The summed E-state index contributed by atoms with van der Waals surface area (Å²) in [5, 5.41) is 7.69. The second kappa shape index (κ2) is 7.45. The number of ether oxygens (including phenoxy) is 1. The second-order valence-electron chi connectivity index (χ2n) is 8.73. The number of nitrogens with zero attached hydrogens (tertiary/aromatic N) is 2. The number of benzene rings is 3. The Bertz CT molecular complexity index is 1240. The summed E-state index contributed by atoms with van der Waals surface area (Å²) in [5.74, 6) is 0.366. The Morgan fingerprint density at radius 3 is 2.31 bits per heavy atom. The van der Waals surface area contributed by atoms with Crippen LogP contribution in [0.2, 0.25) is 0 Å². The summed E-state index contributed by atoms with van der Waals surface area (Å²) in [7, 11) is 0. The Morgan fingerprint density at radius 1 is 0.875 bits per heavy atom. The van der Waals surface area contributed by atoms with E-state index in [-0.39, 0.29) is 35.5 Å². The van der Waals surface area contributed by atoms with Crippen LogP contribution in [0.3, 0.4) is 0 Å². The fraction of sp³-hybridized carbons (Fsp3) is 0.222. The van der Waals surface area contributed by atoms with Crippen LogP contribution in [0.5, 0.6) is 5.75 Å². The highest BCUT2D eigenvalue weighted by molar-refractivity contribution is 6.06. The van der Waals surface area contributed by atoms with Crippen molar-refractivity contribution in [1.82, 2.24) is 5.01 Å². The van der Waals surface area contributed by atoms with Crippen molar-refractivity contribution in [3.8, 4) is 5.75 Å². The number of hydrazone groups is 1. The summed E-state index contributed by atoms with van der Waals surface area (Å²) >= 11 is 0. The van der Waals surface area contributed by atoms with Crippen molar-refractivity contribution >= 4 is 28.8 Å². The largest absolute Gasteiger partial charge is 0.489 e. The molecule has 5 heteroatoms. The fourth-order valence-electron chi connectivity index (χ4n) is 5.35. The highest BCUT2D eigenvalue weighted by Gasteiger charge is 2.59. The zero-order valence-electron chi connectivity index (χ0n) is 17.4. The van der Waals surface area contributed by atoms with Gasteiger partial charge in [-0.05, 0) is 64.4 Å². The molecule has 2 fully saturated rings. The van der Waals surface area contributed by atoms with Gasteiger partial charge in [-0.3, -0.25) is 9.59 Å². The maximum Gasteiger partial charge on any atom is 0.254 e. The molecule has 1 saturated carbocycles. The maximum atomic E-state index is 12.7. The molecule has 0 unspecified atom stereocenters. The van der Waals surface area contributed by atoms with Crippen molar-refractivity contribution in [2.45, 2.75) is 13.0 Å². The van der Waals surface area contributed by atoms with Gasteiger partial charge in [0.25, 0.3) is 11.8 Å². The number of hydrogen-bond acceptors (Lipinski definition) is 4. The number of carbonyl (C=O) groups is 2. The molecular weight excluding hydrogens is 400 g/mol. The van der Waals surface area contributed by atoms with Crippen LogP contribution in [0.4, 0.5) is 0 Å². The molecule has 2 aliphatic carbocycles. The lowest BCUT2D eigenvalue weighted by Gasteiger charge is -2.13. The predicted molar refractivity (Wildman–Crippen MR) is 122 cm³/mol. The van der Waals surface area contributed by atoms with Crippen LogP contribution in [0.1, 0.15) is 17.5 Å². The van der Waals surface area contributed by atoms with Gasteiger partial charge in [0.15, 0.2) is 0 Å². The lowest BCUT2D eigenvalue weighted by atomic mass is 9.85. The first kappa shape index (κ1) is 19.0. The highest BCUT2D eigenvalue weighted by atomic mass is 16.5. The topological polar surface area (TPSA) is 59.0 Å². The third kappa shape index (κ3) is 3.04. The normalized spacial score (nSPS) is 25.9. The highest BCUT2D eigenvalue weighted by Crippen LogP contribution is 2.52. The van der Waals surface area contributed by atoms with Gasteiger partial charge >= 0.3 is 0 Å². The number of carbonyl (C=O) groups excluding carboxylic acids is 2. The Hall–Kier alpha value is -3.73. The number of allylic oxidation sites excluding steroid dienone is 2. The van der Waals surface area contributed by atoms with Crippen molar-refractivity contribution in [1.29, 1.82) is 0 Å². The van der Waals surface area contributed by atoms with Gasteiger partial charge in [-0.15, -0.1) is 0 Å². The summed E-state index contributed by atoms with van der Waals surface area (Å²) in [5.41, 5.74) is 1.94. The summed E-state index contributed by atoms with van der Waals surface area (Å²) < 4.78 is 5.98. The van der Waals surface area contributed by atoms with E-state index in [1.54, 1.807) is 6.21 Å². The summed E-state index contributed by atoms with van der Waals surface area (Å²) in [6.07, 6.45) is 6.66. The van der Waals surface area contributed by atoms with Crippen LogP contribution in [0.15, 0.2) is 84.0 Å². The molecule has 3 aliphatic rings. The smallest absolute Gasteiger partial charge is 0.254 e. The monoisotopic (exact) mass is 422 g/mol. The van der Waals surface area contributed by atoms with Crippen molar-refractivity contribution in [3.63, 3.8) is 0 Å². The summed E-state index contributed by atoms with van der Waals surface area (Å²) in [4.78, 5) is 25.4. The minimum absolute atomic E-state index is 0.164. The van der Waals surface area contributed by atoms with E-state index in [1.165, 1.54) is 10.8 Å². The van der Waals surface area contributed by atoms with Crippen LogP contribution in [-0.4, -0.2) is 23.0 Å². The lowest BCUT2D eigenvalue weighted by molar-refractivity contribution is -0.140. The van der Waals surface area contributed by atoms with Gasteiger partial charge in [0.2, 0.25) is 0 Å². The van der Waals surface area contributed by atoms with E-state index in [1.807, 2.05) is 42.5 Å². The Balaban J connectivity index is 1.12. The second-order valence-corrected chi connectivity index (χ2v) is 8.73. The number of imide groups is 1. The number of fused-ring (bicyclic) bond motifs is 6. The van der Waals surface area contributed by atoms with E-state index < -0.39 is 0 Å². The molecule has 0 aromatic heterocycles. The van der Waals surface area contributed by atoms with Crippen LogP contribution < -0.4 is 4.74 Å². The number of rotatable bonds is 5. The average Bonchev–Trinajstić information content (AvgIpc) is 3.51. The van der Waals surface area contributed by atoms with Gasteiger partial charge in [-0.25, -0.2) is 0 Å². The summed E-state index contributed by atoms with van der Waals surface area (Å²) in [6.45, 7) is 0.477. The molecule has 3 aromatic carbocycles. The minimum atomic E-state index is -0.223. The van der Waals surface area contributed by atoms with Gasteiger partial charge in [-0.2, -0.15) is 10.1 Å². The van der Waals surface area contributed by atoms with Crippen molar-refractivity contribution in [2.75, 3.05) is 0 Å². The van der Waals surface area contributed by atoms with E-state index in [9.17, 15) is 9.59 Å². The molecular formula is C27H22N2O3. The Labute approximate surface area is 186 Å². The van der Waals surface area contributed by atoms with Crippen molar-refractivity contribution < 1.29 is 14.3 Å². The average molecular weight is 422 g/mol. The third-order valence-electron chi connectivity index (χ3n) is 6.92. The Kier molecular flexibility index (Phi) is 4.42. The van der Waals surface area contributed by atoms with Gasteiger partial charge in [0.05, 0.1) is 18.1 Å². The molecule has 158 valence electrons. The van der Waals surface area contributed by atoms with Crippen LogP contribution in [-0.2, 0) is 16.2 Å². The standard InChI is InChI=1S/C27H22N2O3/c30-26-24-19-10-11-20(14-19)25(24)27(31)29(26)28-15-17-8-12-22(13-9-17)32-16-21-6-3-5-18-4-1-2-7-23(18)21/h1-13,15,19-20,24-25H,14,16H2/t19-,20-,24-,25+/m0/s1. The molecule has 5 nitrogen and oxygen atoms in total. The zero-order chi connectivity index (χ0) is 21.7. The van der Waals surface area contributed by atoms with Gasteiger partial charge in [-0.1, -0.05) is 54.6 Å². The summed E-state index contributed by atoms with van der Waals surface area (Å²) in [6, 6.07) is 22.0. The first-order chi connectivity index (χ1) is 15.7. The van der Waals surface area contributed by atoms with Crippen LogP contribution in [0, 0.1) is 23.7 Å². The van der Waals surface area contributed by atoms with E-state index >= 15 is 0 Å². The van der Waals surface area contributed by atoms with E-state index in [4.69, 9.17) is 4.74 Å². The molecule has 0 N–H and O–H groups in total. The molecule has 6 rings (SSSR count). The lowest BCUT2D eigenvalue weighted by Crippen LogP contribution is -2.28. The van der Waals surface area contributed by atoms with Gasteiger partial charge < -0.3 is 4.74 Å². The third-order valence-corrected chi connectivity index (χ3v) is 6.92. The first-order valence-corrected chi connectivity index (χ1v) is 11.0. The SMILES string of the molecule is O=C1[C@@H]2[C@H](C(=O)N1N=Cc1ccc(OCc3cccc4ccccc34)cc1)[C@H]1C=C[C@H]2C1. The molecule has 3 aromatic rings. The van der Waals surface area contributed by atoms with Crippen molar-refractivity contribution in [3.05, 3.63) is 90.0 Å². The predicted octanol–water partition coefficient (Wildman–Crippen LogP) is 4.56. The molecule has 2 bridgehead atoms. The molecule has 1 aliphatic heterocycles. The molecule has 2 amide bonds. The quantitative estimate of drug-likeness (QED) is 0.344. The number of hydrogen-bond donors (Lipinski definition) is 0. The van der Waals surface area contributed by atoms with E-state index in [0.29, 0.717) is 6.61 Å². The molecule has 1 heterocycles. The van der Waals surface area contributed by atoms with Gasteiger partial charge in [0, 0.05) is 0 Å².